The highest BCUT2D eigenvalue weighted by molar-refractivity contribution is 5.78. The van der Waals surface area contributed by atoms with Crippen LogP contribution in [0.2, 0.25) is 0 Å². The largest absolute Gasteiger partial charge is 0.330 e. The number of nitro groups is 1. The molecule has 1 aromatic carbocycles. The van der Waals surface area contributed by atoms with Crippen LogP contribution in [-0.2, 0) is 14.1 Å². The van der Waals surface area contributed by atoms with Crippen molar-refractivity contribution in [2.45, 2.75) is 0 Å². The SMILES string of the molecule is Cn1c(=O)c2cn(-c3cccc([N+](=O)[O-])c3)cc2n(C)c1=O. The summed E-state index contributed by atoms with van der Waals surface area (Å²) in [6.07, 6.45) is 3.17. The van der Waals surface area contributed by atoms with Crippen molar-refractivity contribution in [2.24, 2.45) is 14.1 Å². The Kier molecular flexibility index (Phi) is 2.94. The average molecular weight is 300 g/mol. The zero-order chi connectivity index (χ0) is 16.0. The normalized spacial score (nSPS) is 11.0. The molecule has 0 bridgehead atoms. The molecule has 0 spiro atoms. The Morgan fingerprint density at radius 3 is 2.50 bits per heavy atom. The lowest BCUT2D eigenvalue weighted by atomic mass is 10.3. The first-order chi connectivity index (χ1) is 10.4. The molecule has 3 aromatic rings. The van der Waals surface area contributed by atoms with E-state index in [9.17, 15) is 19.7 Å². The van der Waals surface area contributed by atoms with E-state index in [4.69, 9.17) is 0 Å². The standard InChI is InChI=1S/C14H12N4O4/c1-15-12-8-17(7-11(12)13(19)16(2)14(15)20)9-4-3-5-10(6-9)18(21)22/h3-8H,1-2H3. The second-order valence-electron chi connectivity index (χ2n) is 4.95. The fourth-order valence-corrected chi connectivity index (χ4v) is 2.39. The Labute approximate surface area is 123 Å². The summed E-state index contributed by atoms with van der Waals surface area (Å²) >= 11 is 0. The van der Waals surface area contributed by atoms with Crippen LogP contribution in [-0.4, -0.2) is 18.6 Å². The molecule has 0 saturated carbocycles. The summed E-state index contributed by atoms with van der Waals surface area (Å²) in [7, 11) is 2.98. The molecule has 0 aliphatic carbocycles. The number of nitro benzene ring substituents is 1. The smallest absolute Gasteiger partial charge is 0.321 e. The van der Waals surface area contributed by atoms with Crippen LogP contribution in [0.4, 0.5) is 5.69 Å². The van der Waals surface area contributed by atoms with E-state index in [0.29, 0.717) is 16.6 Å². The van der Waals surface area contributed by atoms with Crippen molar-refractivity contribution in [3.8, 4) is 5.69 Å². The molecule has 0 aliphatic heterocycles. The molecule has 2 heterocycles. The molecule has 8 nitrogen and oxygen atoms in total. The summed E-state index contributed by atoms with van der Waals surface area (Å²) in [6.45, 7) is 0. The van der Waals surface area contributed by atoms with Gasteiger partial charge in [-0.2, -0.15) is 0 Å². The van der Waals surface area contributed by atoms with E-state index in [1.54, 1.807) is 36.1 Å². The third-order valence-electron chi connectivity index (χ3n) is 3.61. The molecule has 3 rings (SSSR count). The molecule has 0 aliphatic rings. The van der Waals surface area contributed by atoms with Crippen LogP contribution < -0.4 is 11.2 Å². The highest BCUT2D eigenvalue weighted by atomic mass is 16.6. The van der Waals surface area contributed by atoms with Crippen LogP contribution in [0.25, 0.3) is 16.6 Å². The molecule has 2 aromatic heterocycles. The fraction of sp³-hybridized carbons (Fsp3) is 0.143. The van der Waals surface area contributed by atoms with Gasteiger partial charge in [-0.25, -0.2) is 4.79 Å². The Bertz CT molecular complexity index is 1030. The Hall–Kier alpha value is -3.16. The van der Waals surface area contributed by atoms with E-state index in [1.807, 2.05) is 0 Å². The van der Waals surface area contributed by atoms with Crippen molar-refractivity contribution in [1.82, 2.24) is 13.7 Å². The number of non-ortho nitro benzene ring substituents is 1. The first-order valence-corrected chi connectivity index (χ1v) is 6.42. The number of hydrogen-bond donors (Lipinski definition) is 0. The van der Waals surface area contributed by atoms with Crippen LogP contribution in [0.1, 0.15) is 0 Å². The summed E-state index contributed by atoms with van der Waals surface area (Å²) in [5.41, 5.74) is 0.146. The molecule has 8 heteroatoms. The molecule has 0 atom stereocenters. The summed E-state index contributed by atoms with van der Waals surface area (Å²) in [5.74, 6) is 0. The lowest BCUT2D eigenvalue weighted by molar-refractivity contribution is -0.384. The molecule has 0 unspecified atom stereocenters. The van der Waals surface area contributed by atoms with Crippen LogP contribution in [0, 0.1) is 10.1 Å². The first kappa shape index (κ1) is 13.8. The highest BCUT2D eigenvalue weighted by Crippen LogP contribution is 2.19. The van der Waals surface area contributed by atoms with E-state index in [2.05, 4.69) is 0 Å². The first-order valence-electron chi connectivity index (χ1n) is 6.42. The molecule has 0 N–H and O–H groups in total. The lowest BCUT2D eigenvalue weighted by Gasteiger charge is -2.02. The van der Waals surface area contributed by atoms with Crippen molar-refractivity contribution >= 4 is 16.6 Å². The predicted molar refractivity (Wildman–Crippen MR) is 80.4 cm³/mol. The maximum atomic E-state index is 12.1. The number of hydrogen-bond acceptors (Lipinski definition) is 4. The van der Waals surface area contributed by atoms with E-state index in [-0.39, 0.29) is 5.69 Å². The van der Waals surface area contributed by atoms with Crippen LogP contribution in [0.5, 0.6) is 0 Å². The quantitative estimate of drug-likeness (QED) is 0.520. The number of rotatable bonds is 2. The minimum Gasteiger partial charge on any atom is -0.321 e. The zero-order valence-corrected chi connectivity index (χ0v) is 11.9. The zero-order valence-electron chi connectivity index (χ0n) is 11.9. The van der Waals surface area contributed by atoms with Gasteiger partial charge in [0.1, 0.15) is 0 Å². The van der Waals surface area contributed by atoms with Gasteiger partial charge < -0.3 is 4.57 Å². The van der Waals surface area contributed by atoms with E-state index in [1.165, 1.54) is 23.7 Å². The molecular weight excluding hydrogens is 288 g/mol. The molecule has 0 fully saturated rings. The van der Waals surface area contributed by atoms with Crippen LogP contribution in [0.15, 0.2) is 46.2 Å². The number of fused-ring (bicyclic) bond motifs is 1. The van der Waals surface area contributed by atoms with Crippen molar-refractivity contribution in [2.75, 3.05) is 0 Å². The van der Waals surface area contributed by atoms with Crippen LogP contribution in [0.3, 0.4) is 0 Å². The maximum absolute atomic E-state index is 12.1. The van der Waals surface area contributed by atoms with Gasteiger partial charge in [0.25, 0.3) is 11.2 Å². The molecular formula is C14H12N4O4. The highest BCUT2D eigenvalue weighted by Gasteiger charge is 2.13. The van der Waals surface area contributed by atoms with E-state index >= 15 is 0 Å². The Morgan fingerprint density at radius 1 is 1.09 bits per heavy atom. The van der Waals surface area contributed by atoms with Gasteiger partial charge in [0.15, 0.2) is 0 Å². The lowest BCUT2D eigenvalue weighted by Crippen LogP contribution is -2.36. The van der Waals surface area contributed by atoms with Crippen molar-refractivity contribution in [3.05, 3.63) is 67.6 Å². The molecule has 0 radical (unpaired) electrons. The summed E-state index contributed by atoms with van der Waals surface area (Å²) < 4.78 is 3.99. The average Bonchev–Trinajstić information content (AvgIpc) is 2.96. The van der Waals surface area contributed by atoms with Gasteiger partial charge in [-0.05, 0) is 6.07 Å². The number of aromatic nitrogens is 3. The number of nitrogens with zero attached hydrogens (tertiary/aromatic N) is 4. The van der Waals surface area contributed by atoms with Gasteiger partial charge in [0.2, 0.25) is 0 Å². The summed E-state index contributed by atoms with van der Waals surface area (Å²) in [4.78, 5) is 34.4. The van der Waals surface area contributed by atoms with Crippen LogP contribution >= 0.6 is 0 Å². The van der Waals surface area contributed by atoms with E-state index in [0.717, 1.165) is 4.57 Å². The summed E-state index contributed by atoms with van der Waals surface area (Å²) in [6, 6.07) is 6.05. The maximum Gasteiger partial charge on any atom is 0.330 e. The van der Waals surface area contributed by atoms with Gasteiger partial charge in [0.05, 0.1) is 21.5 Å². The Balaban J connectivity index is 2.30. The van der Waals surface area contributed by atoms with Gasteiger partial charge in [-0.1, -0.05) is 6.07 Å². The van der Waals surface area contributed by atoms with Gasteiger partial charge >= 0.3 is 5.69 Å². The molecule has 112 valence electrons. The third-order valence-corrected chi connectivity index (χ3v) is 3.61. The molecule has 0 saturated heterocycles. The number of benzene rings is 1. The topological polar surface area (TPSA) is 92.1 Å². The molecule has 0 amide bonds. The van der Waals surface area contributed by atoms with Gasteiger partial charge in [0, 0.05) is 38.6 Å². The minimum atomic E-state index is -0.485. The number of aryl methyl sites for hydroxylation is 1. The fourth-order valence-electron chi connectivity index (χ4n) is 2.39. The van der Waals surface area contributed by atoms with Crippen molar-refractivity contribution in [3.63, 3.8) is 0 Å². The van der Waals surface area contributed by atoms with Crippen molar-refractivity contribution in [1.29, 1.82) is 0 Å². The van der Waals surface area contributed by atoms with E-state index < -0.39 is 16.2 Å². The van der Waals surface area contributed by atoms with Gasteiger partial charge in [-0.3, -0.25) is 24.0 Å². The monoisotopic (exact) mass is 300 g/mol. The second-order valence-corrected chi connectivity index (χ2v) is 4.95. The van der Waals surface area contributed by atoms with Gasteiger partial charge in [-0.15, -0.1) is 0 Å². The predicted octanol–water partition coefficient (Wildman–Crippen LogP) is 0.936. The second kappa shape index (κ2) is 4.69. The third kappa shape index (κ3) is 1.93. The van der Waals surface area contributed by atoms with Crippen molar-refractivity contribution < 1.29 is 4.92 Å². The summed E-state index contributed by atoms with van der Waals surface area (Å²) in [5, 5.41) is 11.2. The minimum absolute atomic E-state index is 0.0444. The Morgan fingerprint density at radius 2 is 1.82 bits per heavy atom. The molecule has 22 heavy (non-hydrogen) atoms.